The maximum Gasteiger partial charge on any atom is 0.224 e. The van der Waals surface area contributed by atoms with Gasteiger partial charge in [-0.25, -0.2) is 0 Å². The Morgan fingerprint density at radius 3 is 2.17 bits per heavy atom. The van der Waals surface area contributed by atoms with Crippen LogP contribution in [0.3, 0.4) is 0 Å². The summed E-state index contributed by atoms with van der Waals surface area (Å²) >= 11 is 0. The first kappa shape index (κ1) is 14.7. The van der Waals surface area contributed by atoms with Crippen LogP contribution in [0.15, 0.2) is 6.07 Å². The fraction of sp³-hybridized carbons (Fsp3) is 0.533. The number of nitrogens with two attached hydrogens (primary N) is 1. The van der Waals surface area contributed by atoms with Gasteiger partial charge >= 0.3 is 0 Å². The minimum absolute atomic E-state index is 0.0236. The van der Waals surface area contributed by atoms with Crippen LogP contribution in [-0.4, -0.2) is 12.5 Å². The molecule has 100 valence electrons. The van der Waals surface area contributed by atoms with Gasteiger partial charge < -0.3 is 11.1 Å². The summed E-state index contributed by atoms with van der Waals surface area (Å²) in [4.78, 5) is 11.7. The van der Waals surface area contributed by atoms with Gasteiger partial charge in [0.1, 0.15) is 0 Å². The van der Waals surface area contributed by atoms with E-state index in [-0.39, 0.29) is 11.8 Å². The molecule has 0 spiro atoms. The van der Waals surface area contributed by atoms with Crippen LogP contribution >= 0.6 is 0 Å². The van der Waals surface area contributed by atoms with Crippen LogP contribution in [0.25, 0.3) is 0 Å². The highest BCUT2D eigenvalue weighted by Gasteiger charge is 2.13. The normalized spacial score (nSPS) is 12.3. The lowest BCUT2D eigenvalue weighted by Gasteiger charge is -2.17. The number of aryl methyl sites for hydroxylation is 2. The van der Waals surface area contributed by atoms with Crippen LogP contribution in [-0.2, 0) is 11.3 Å². The van der Waals surface area contributed by atoms with Crippen LogP contribution < -0.4 is 11.1 Å². The van der Waals surface area contributed by atoms with E-state index < -0.39 is 0 Å². The van der Waals surface area contributed by atoms with E-state index in [4.69, 9.17) is 5.73 Å². The number of hydrogen-bond donors (Lipinski definition) is 2. The Hall–Kier alpha value is -1.35. The number of benzene rings is 1. The van der Waals surface area contributed by atoms with Gasteiger partial charge in [0, 0.05) is 19.0 Å². The molecule has 3 heteroatoms. The molecule has 0 saturated carbocycles. The van der Waals surface area contributed by atoms with E-state index in [0.29, 0.717) is 13.1 Å². The van der Waals surface area contributed by atoms with Gasteiger partial charge in [-0.15, -0.1) is 0 Å². The summed E-state index contributed by atoms with van der Waals surface area (Å²) < 4.78 is 0. The van der Waals surface area contributed by atoms with E-state index in [0.717, 1.165) is 0 Å². The van der Waals surface area contributed by atoms with Crippen molar-refractivity contribution >= 4 is 5.91 Å². The quantitative estimate of drug-likeness (QED) is 0.857. The van der Waals surface area contributed by atoms with Gasteiger partial charge in [0.2, 0.25) is 5.91 Å². The summed E-state index contributed by atoms with van der Waals surface area (Å²) in [5.74, 6) is -0.105. The summed E-state index contributed by atoms with van der Waals surface area (Å²) in [6.07, 6.45) is 0. The van der Waals surface area contributed by atoms with Crippen molar-refractivity contribution in [1.29, 1.82) is 0 Å². The molecule has 1 amide bonds. The van der Waals surface area contributed by atoms with Gasteiger partial charge in [-0.3, -0.25) is 4.79 Å². The lowest BCUT2D eigenvalue weighted by Crippen LogP contribution is -2.33. The highest BCUT2D eigenvalue weighted by Crippen LogP contribution is 2.21. The van der Waals surface area contributed by atoms with E-state index in [1.54, 1.807) is 0 Å². The molecule has 3 nitrogen and oxygen atoms in total. The number of rotatable bonds is 4. The second-order valence-corrected chi connectivity index (χ2v) is 5.09. The monoisotopic (exact) mass is 248 g/mol. The molecule has 1 rings (SSSR count). The summed E-state index contributed by atoms with van der Waals surface area (Å²) in [6, 6.07) is 2.19. The molecule has 0 heterocycles. The predicted molar refractivity (Wildman–Crippen MR) is 75.5 cm³/mol. The van der Waals surface area contributed by atoms with Crippen molar-refractivity contribution in [3.05, 3.63) is 33.9 Å². The molecule has 1 aromatic carbocycles. The zero-order valence-electron chi connectivity index (χ0n) is 12.1. The minimum atomic E-state index is -0.128. The predicted octanol–water partition coefficient (Wildman–Crippen LogP) is 2.13. The van der Waals surface area contributed by atoms with E-state index >= 15 is 0 Å². The van der Waals surface area contributed by atoms with Gasteiger partial charge in [-0.05, 0) is 55.5 Å². The third kappa shape index (κ3) is 3.10. The Kier molecular flexibility index (Phi) is 4.91. The topological polar surface area (TPSA) is 55.1 Å². The second-order valence-electron chi connectivity index (χ2n) is 5.09. The zero-order chi connectivity index (χ0) is 13.9. The first-order valence-electron chi connectivity index (χ1n) is 6.42. The standard InChI is InChI=1S/C15H24N2O/c1-9-6-10(2)13(5)14(12(9)4)8-17-15(18)11(3)7-16/h6,11H,7-8,16H2,1-5H3,(H,17,18). The first-order valence-corrected chi connectivity index (χ1v) is 6.42. The van der Waals surface area contributed by atoms with Crippen molar-refractivity contribution in [1.82, 2.24) is 5.32 Å². The van der Waals surface area contributed by atoms with Crippen molar-refractivity contribution in [2.45, 2.75) is 41.2 Å². The van der Waals surface area contributed by atoms with Crippen LogP contribution in [0.5, 0.6) is 0 Å². The Morgan fingerprint density at radius 2 is 1.72 bits per heavy atom. The van der Waals surface area contributed by atoms with E-state index in [2.05, 4.69) is 39.1 Å². The largest absolute Gasteiger partial charge is 0.352 e. The highest BCUT2D eigenvalue weighted by atomic mass is 16.1. The van der Waals surface area contributed by atoms with Crippen LogP contribution in [0.4, 0.5) is 0 Å². The fourth-order valence-corrected chi connectivity index (χ4v) is 2.02. The molecule has 0 bridgehead atoms. The molecule has 18 heavy (non-hydrogen) atoms. The minimum Gasteiger partial charge on any atom is -0.352 e. The lowest BCUT2D eigenvalue weighted by atomic mass is 9.94. The molecule has 1 unspecified atom stereocenters. The summed E-state index contributed by atoms with van der Waals surface area (Å²) in [7, 11) is 0. The molecule has 0 saturated heterocycles. The zero-order valence-corrected chi connectivity index (χ0v) is 12.1. The van der Waals surface area contributed by atoms with Gasteiger partial charge in [-0.2, -0.15) is 0 Å². The average molecular weight is 248 g/mol. The van der Waals surface area contributed by atoms with Crippen LogP contribution in [0, 0.1) is 33.6 Å². The Balaban J connectivity index is 2.89. The molecule has 1 atom stereocenters. The second kappa shape index (κ2) is 6.01. The molecule has 0 aliphatic rings. The molecule has 0 radical (unpaired) electrons. The van der Waals surface area contributed by atoms with Crippen molar-refractivity contribution in [3.63, 3.8) is 0 Å². The smallest absolute Gasteiger partial charge is 0.224 e. The van der Waals surface area contributed by atoms with Crippen LogP contribution in [0.1, 0.15) is 34.7 Å². The van der Waals surface area contributed by atoms with E-state index in [9.17, 15) is 4.79 Å². The molecule has 3 N–H and O–H groups in total. The van der Waals surface area contributed by atoms with Gasteiger partial charge in [0.25, 0.3) is 0 Å². The number of hydrogen-bond acceptors (Lipinski definition) is 2. The highest BCUT2D eigenvalue weighted by molar-refractivity contribution is 5.78. The summed E-state index contributed by atoms with van der Waals surface area (Å²) in [6.45, 7) is 11.2. The summed E-state index contributed by atoms with van der Waals surface area (Å²) in [5.41, 5.74) is 11.8. The number of carbonyl (C=O) groups excluding carboxylic acids is 1. The molecular weight excluding hydrogens is 224 g/mol. The molecule has 0 fully saturated rings. The fourth-order valence-electron chi connectivity index (χ4n) is 2.02. The number of amides is 1. The number of carbonyl (C=O) groups is 1. The lowest BCUT2D eigenvalue weighted by molar-refractivity contribution is -0.124. The first-order chi connectivity index (χ1) is 8.38. The third-order valence-electron chi connectivity index (χ3n) is 3.76. The maximum absolute atomic E-state index is 11.7. The third-order valence-corrected chi connectivity index (χ3v) is 3.76. The molecular formula is C15H24N2O. The molecule has 0 aromatic heterocycles. The Morgan fingerprint density at radius 1 is 1.22 bits per heavy atom. The van der Waals surface area contributed by atoms with E-state index in [1.807, 2.05) is 6.92 Å². The Bertz CT molecular complexity index is 426. The van der Waals surface area contributed by atoms with E-state index in [1.165, 1.54) is 27.8 Å². The Labute approximate surface area is 110 Å². The van der Waals surface area contributed by atoms with Crippen molar-refractivity contribution in [3.8, 4) is 0 Å². The maximum atomic E-state index is 11.7. The van der Waals surface area contributed by atoms with Gasteiger partial charge in [0.05, 0.1) is 0 Å². The number of nitrogens with one attached hydrogen (secondary N) is 1. The van der Waals surface area contributed by atoms with Gasteiger partial charge in [0.15, 0.2) is 0 Å². The van der Waals surface area contributed by atoms with Crippen molar-refractivity contribution in [2.24, 2.45) is 11.7 Å². The molecule has 1 aromatic rings. The summed E-state index contributed by atoms with van der Waals surface area (Å²) in [5, 5.41) is 2.97. The average Bonchev–Trinajstić information content (AvgIpc) is 2.35. The van der Waals surface area contributed by atoms with Gasteiger partial charge in [-0.1, -0.05) is 13.0 Å². The SMILES string of the molecule is Cc1cc(C)c(C)c(CNC(=O)C(C)CN)c1C. The van der Waals surface area contributed by atoms with Crippen LogP contribution in [0.2, 0.25) is 0 Å². The molecule has 0 aliphatic carbocycles. The van der Waals surface area contributed by atoms with Crippen molar-refractivity contribution < 1.29 is 4.79 Å². The van der Waals surface area contributed by atoms with Crippen molar-refractivity contribution in [2.75, 3.05) is 6.54 Å². The molecule has 0 aliphatic heterocycles.